The molecule has 0 aliphatic carbocycles. The van der Waals surface area contributed by atoms with Crippen molar-refractivity contribution in [1.29, 1.82) is 0 Å². The molecule has 0 bridgehead atoms. The van der Waals surface area contributed by atoms with Gasteiger partial charge >= 0.3 is 0 Å². The molecule has 4 aromatic rings. The summed E-state index contributed by atoms with van der Waals surface area (Å²) in [6, 6.07) is 14.6. The number of carbonyl (C=O) groups excluding carboxylic acids is 2. The number of piperazine rings is 1. The minimum Gasteiger partial charge on any atom is -0.361 e. The highest BCUT2D eigenvalue weighted by atomic mass is 35.5. The van der Waals surface area contributed by atoms with E-state index in [1.54, 1.807) is 28.0 Å². The molecule has 10 heteroatoms. The second-order valence-corrected chi connectivity index (χ2v) is 10.2. The van der Waals surface area contributed by atoms with E-state index in [-0.39, 0.29) is 17.6 Å². The molecule has 2 aromatic carbocycles. The summed E-state index contributed by atoms with van der Waals surface area (Å²) in [5, 5.41) is 8.97. The first-order valence-electron chi connectivity index (χ1n) is 12.0. The van der Waals surface area contributed by atoms with Crippen LogP contribution >= 0.6 is 11.6 Å². The van der Waals surface area contributed by atoms with Crippen molar-refractivity contribution in [3.63, 3.8) is 0 Å². The van der Waals surface area contributed by atoms with Gasteiger partial charge in [0, 0.05) is 35.8 Å². The Balaban J connectivity index is 1.32. The molecule has 37 heavy (non-hydrogen) atoms. The Labute approximate surface area is 219 Å². The van der Waals surface area contributed by atoms with Crippen molar-refractivity contribution in [3.05, 3.63) is 82.7 Å². The van der Waals surface area contributed by atoms with Gasteiger partial charge in [0.25, 0.3) is 11.8 Å². The van der Waals surface area contributed by atoms with Crippen LogP contribution in [0, 0.1) is 13.8 Å². The molecule has 5 rings (SSSR count). The zero-order valence-electron chi connectivity index (χ0n) is 21.1. The minimum atomic E-state index is -0.619. The van der Waals surface area contributed by atoms with Crippen LogP contribution in [0.2, 0.25) is 5.02 Å². The number of rotatable bonds is 4. The molecule has 2 aromatic heterocycles. The smallest absolute Gasteiger partial charge is 0.294 e. The zero-order chi connectivity index (χ0) is 26.3. The van der Waals surface area contributed by atoms with Gasteiger partial charge in [0.05, 0.1) is 16.9 Å². The largest absolute Gasteiger partial charge is 0.361 e. The van der Waals surface area contributed by atoms with Crippen molar-refractivity contribution in [2.45, 2.75) is 33.2 Å². The molecular formula is C27H27ClN6O3. The Morgan fingerprint density at radius 1 is 1.03 bits per heavy atom. The molecule has 1 aliphatic rings. The maximum absolute atomic E-state index is 13.5. The lowest BCUT2D eigenvalue weighted by Gasteiger charge is -2.46. The average Bonchev–Trinajstić information content (AvgIpc) is 3.49. The zero-order valence-corrected chi connectivity index (χ0v) is 21.9. The van der Waals surface area contributed by atoms with Gasteiger partial charge in [0.15, 0.2) is 0 Å². The van der Waals surface area contributed by atoms with Gasteiger partial charge in [0.2, 0.25) is 5.82 Å². The van der Waals surface area contributed by atoms with E-state index in [4.69, 9.17) is 16.1 Å². The highest BCUT2D eigenvalue weighted by molar-refractivity contribution is 6.30. The molecule has 190 valence electrons. The van der Waals surface area contributed by atoms with Crippen LogP contribution in [-0.4, -0.2) is 66.7 Å². The van der Waals surface area contributed by atoms with E-state index in [9.17, 15) is 9.59 Å². The summed E-state index contributed by atoms with van der Waals surface area (Å²) in [4.78, 5) is 34.6. The Morgan fingerprint density at radius 3 is 2.51 bits per heavy atom. The maximum Gasteiger partial charge on any atom is 0.294 e. The van der Waals surface area contributed by atoms with Crippen LogP contribution in [0.1, 0.15) is 46.3 Å². The molecule has 1 aliphatic heterocycles. The van der Waals surface area contributed by atoms with Crippen molar-refractivity contribution in [1.82, 2.24) is 29.7 Å². The second kappa shape index (κ2) is 9.48. The standard InChI is InChI=1S/C27H27ClN6O3/c1-17-23(18(2)37-31-17)19-7-5-8-20(13-19)25(35)32-11-12-33(27(3,4)15-32)26(36)24-29-16-34(30-24)22-10-6-9-21(28)14-22/h5-10,13-14,16H,11-12,15H2,1-4H3. The first kappa shape index (κ1) is 24.7. The highest BCUT2D eigenvalue weighted by Crippen LogP contribution is 2.29. The van der Waals surface area contributed by atoms with E-state index >= 15 is 0 Å². The summed E-state index contributed by atoms with van der Waals surface area (Å²) in [7, 11) is 0. The summed E-state index contributed by atoms with van der Waals surface area (Å²) < 4.78 is 6.82. The second-order valence-electron chi connectivity index (χ2n) is 9.77. The number of aromatic nitrogens is 4. The third kappa shape index (κ3) is 4.74. The van der Waals surface area contributed by atoms with Gasteiger partial charge in [-0.1, -0.05) is 35.0 Å². The summed E-state index contributed by atoms with van der Waals surface area (Å²) in [5.41, 5.74) is 3.24. The van der Waals surface area contributed by atoms with Gasteiger partial charge in [-0.2, -0.15) is 0 Å². The molecule has 1 fully saturated rings. The monoisotopic (exact) mass is 518 g/mol. The normalized spacial score (nSPS) is 15.2. The number of aryl methyl sites for hydroxylation is 2. The Kier molecular flexibility index (Phi) is 6.33. The number of hydrogen-bond acceptors (Lipinski definition) is 6. The van der Waals surface area contributed by atoms with E-state index in [0.717, 1.165) is 16.8 Å². The van der Waals surface area contributed by atoms with Crippen molar-refractivity contribution in [2.75, 3.05) is 19.6 Å². The highest BCUT2D eigenvalue weighted by Gasteiger charge is 2.40. The lowest BCUT2D eigenvalue weighted by Crippen LogP contribution is -2.62. The maximum atomic E-state index is 13.5. The molecule has 9 nitrogen and oxygen atoms in total. The molecule has 0 radical (unpaired) electrons. The van der Waals surface area contributed by atoms with Crippen LogP contribution in [0.25, 0.3) is 16.8 Å². The molecular weight excluding hydrogens is 492 g/mol. The van der Waals surface area contributed by atoms with Crippen LogP contribution in [0.3, 0.4) is 0 Å². The minimum absolute atomic E-state index is 0.0860. The van der Waals surface area contributed by atoms with E-state index < -0.39 is 5.54 Å². The lowest BCUT2D eigenvalue weighted by molar-refractivity contribution is 0.0160. The third-order valence-electron chi connectivity index (χ3n) is 6.62. The summed E-state index contributed by atoms with van der Waals surface area (Å²) in [5.74, 6) is 0.442. The molecule has 0 atom stereocenters. The van der Waals surface area contributed by atoms with Crippen molar-refractivity contribution < 1.29 is 14.1 Å². The predicted octanol–water partition coefficient (Wildman–Crippen LogP) is 4.57. The molecule has 2 amide bonds. The quantitative estimate of drug-likeness (QED) is 0.392. The van der Waals surface area contributed by atoms with Crippen molar-refractivity contribution >= 4 is 23.4 Å². The lowest BCUT2D eigenvalue weighted by atomic mass is 9.97. The van der Waals surface area contributed by atoms with Crippen molar-refractivity contribution in [3.8, 4) is 16.8 Å². The van der Waals surface area contributed by atoms with Gasteiger partial charge in [-0.25, -0.2) is 9.67 Å². The summed E-state index contributed by atoms with van der Waals surface area (Å²) >= 11 is 6.08. The Hall–Kier alpha value is -3.98. The summed E-state index contributed by atoms with van der Waals surface area (Å²) in [6.45, 7) is 8.77. The van der Waals surface area contributed by atoms with Gasteiger partial charge in [-0.05, 0) is 63.6 Å². The number of hydrogen-bond donors (Lipinski definition) is 0. The first-order chi connectivity index (χ1) is 17.6. The number of nitrogens with zero attached hydrogens (tertiary/aromatic N) is 6. The molecule has 1 saturated heterocycles. The third-order valence-corrected chi connectivity index (χ3v) is 6.86. The average molecular weight is 519 g/mol. The number of carbonyl (C=O) groups is 2. The van der Waals surface area contributed by atoms with E-state index in [0.29, 0.717) is 41.7 Å². The summed E-state index contributed by atoms with van der Waals surface area (Å²) in [6.07, 6.45) is 1.50. The number of benzene rings is 2. The molecule has 0 saturated carbocycles. The molecule has 0 N–H and O–H groups in total. The van der Waals surface area contributed by atoms with E-state index in [1.165, 1.54) is 11.0 Å². The van der Waals surface area contributed by atoms with Crippen LogP contribution in [-0.2, 0) is 0 Å². The topological polar surface area (TPSA) is 97.4 Å². The fourth-order valence-electron chi connectivity index (χ4n) is 4.81. The fraction of sp³-hybridized carbons (Fsp3) is 0.296. The SMILES string of the molecule is Cc1noc(C)c1-c1cccc(C(=O)N2CCN(C(=O)c3ncn(-c4cccc(Cl)c4)n3)C(C)(C)C2)c1. The molecule has 0 unspecified atom stereocenters. The predicted molar refractivity (Wildman–Crippen MR) is 139 cm³/mol. The Morgan fingerprint density at radius 2 is 1.81 bits per heavy atom. The van der Waals surface area contributed by atoms with Crippen LogP contribution < -0.4 is 0 Å². The molecule has 0 spiro atoms. The fourth-order valence-corrected chi connectivity index (χ4v) is 5.00. The first-order valence-corrected chi connectivity index (χ1v) is 12.3. The van der Waals surface area contributed by atoms with Gasteiger partial charge in [-0.3, -0.25) is 9.59 Å². The van der Waals surface area contributed by atoms with Gasteiger partial charge < -0.3 is 14.3 Å². The molecule has 3 heterocycles. The van der Waals surface area contributed by atoms with Crippen LogP contribution in [0.4, 0.5) is 0 Å². The van der Waals surface area contributed by atoms with E-state index in [1.807, 2.05) is 58.0 Å². The number of halogens is 1. The van der Waals surface area contributed by atoms with Crippen LogP contribution in [0.15, 0.2) is 59.4 Å². The van der Waals surface area contributed by atoms with E-state index in [2.05, 4.69) is 15.2 Å². The van der Waals surface area contributed by atoms with Crippen LogP contribution in [0.5, 0.6) is 0 Å². The number of amides is 2. The Bertz CT molecular complexity index is 1470. The van der Waals surface area contributed by atoms with Crippen molar-refractivity contribution in [2.24, 2.45) is 0 Å². The van der Waals surface area contributed by atoms with Gasteiger partial charge in [-0.15, -0.1) is 5.10 Å². The van der Waals surface area contributed by atoms with Gasteiger partial charge in [0.1, 0.15) is 12.1 Å².